The molecule has 0 unspecified atom stereocenters. The van der Waals surface area contributed by atoms with Crippen LogP contribution in [-0.2, 0) is 35.5 Å². The number of hydrogen-bond donors (Lipinski definition) is 0. The molecule has 0 spiro atoms. The SMILES string of the molecule is COC(=O)Cn1c(=O)c2c3c(sc2n(Cc2ccc(F)cc2)c1=O)CCC3. The number of fused-ring (bicyclic) bond motifs is 3. The van der Waals surface area contributed by atoms with Crippen LogP contribution >= 0.6 is 11.3 Å². The molecule has 0 fully saturated rings. The van der Waals surface area contributed by atoms with Gasteiger partial charge in [0.05, 0.1) is 19.0 Å². The average molecular weight is 388 g/mol. The predicted octanol–water partition coefficient (Wildman–Crippen LogP) is 2.07. The number of methoxy groups -OCH3 is 1. The summed E-state index contributed by atoms with van der Waals surface area (Å²) in [6.45, 7) is -0.241. The number of halogens is 1. The molecule has 4 rings (SSSR count). The lowest BCUT2D eigenvalue weighted by Crippen LogP contribution is -2.41. The zero-order chi connectivity index (χ0) is 19.1. The highest BCUT2D eigenvalue weighted by atomic mass is 32.1. The van der Waals surface area contributed by atoms with E-state index in [2.05, 4.69) is 4.74 Å². The van der Waals surface area contributed by atoms with E-state index in [4.69, 9.17) is 0 Å². The zero-order valence-electron chi connectivity index (χ0n) is 14.7. The van der Waals surface area contributed by atoms with E-state index >= 15 is 0 Å². The number of nitrogens with zero attached hydrogens (tertiary/aromatic N) is 2. The van der Waals surface area contributed by atoms with Gasteiger partial charge in [-0.2, -0.15) is 0 Å². The lowest BCUT2D eigenvalue weighted by molar-refractivity contribution is -0.141. The average Bonchev–Trinajstić information content (AvgIpc) is 3.24. The van der Waals surface area contributed by atoms with Crippen molar-refractivity contribution in [1.82, 2.24) is 9.13 Å². The third kappa shape index (κ3) is 2.99. The second kappa shape index (κ2) is 6.77. The van der Waals surface area contributed by atoms with Gasteiger partial charge in [0.1, 0.15) is 17.2 Å². The van der Waals surface area contributed by atoms with E-state index < -0.39 is 23.8 Å². The number of carbonyl (C=O) groups excluding carboxylic acids is 1. The van der Waals surface area contributed by atoms with Crippen LogP contribution in [0.4, 0.5) is 4.39 Å². The normalized spacial score (nSPS) is 13.1. The summed E-state index contributed by atoms with van der Waals surface area (Å²) in [5.74, 6) is -1.02. The highest BCUT2D eigenvalue weighted by molar-refractivity contribution is 7.18. The summed E-state index contributed by atoms with van der Waals surface area (Å²) in [6, 6.07) is 5.86. The summed E-state index contributed by atoms with van der Waals surface area (Å²) in [7, 11) is 1.21. The number of aryl methyl sites for hydroxylation is 2. The standard InChI is InChI=1S/C19H17FN2O4S/c1-26-15(23)10-21-17(24)16-13-3-2-4-14(13)27-18(16)22(19(21)25)9-11-5-7-12(20)8-6-11/h5-8H,2-4,9-10H2,1H3. The molecule has 0 saturated heterocycles. The molecular weight excluding hydrogens is 371 g/mol. The monoisotopic (exact) mass is 388 g/mol. The maximum Gasteiger partial charge on any atom is 0.332 e. The van der Waals surface area contributed by atoms with Crippen molar-refractivity contribution in [3.8, 4) is 0 Å². The smallest absolute Gasteiger partial charge is 0.332 e. The Balaban J connectivity index is 1.95. The van der Waals surface area contributed by atoms with E-state index in [1.165, 1.54) is 35.1 Å². The number of esters is 1. The molecule has 6 nitrogen and oxygen atoms in total. The minimum atomic E-state index is -0.659. The van der Waals surface area contributed by atoms with Crippen molar-refractivity contribution < 1.29 is 13.9 Å². The molecule has 1 aromatic carbocycles. The quantitative estimate of drug-likeness (QED) is 0.642. The molecule has 140 valence electrons. The van der Waals surface area contributed by atoms with Crippen molar-refractivity contribution in [1.29, 1.82) is 0 Å². The van der Waals surface area contributed by atoms with E-state index in [1.54, 1.807) is 12.1 Å². The van der Waals surface area contributed by atoms with Crippen molar-refractivity contribution >= 4 is 27.5 Å². The number of ether oxygens (including phenoxy) is 1. The fourth-order valence-electron chi connectivity index (χ4n) is 3.50. The van der Waals surface area contributed by atoms with Gasteiger partial charge in [-0.05, 0) is 42.5 Å². The second-order valence-electron chi connectivity index (χ2n) is 6.50. The Labute approximate surface area is 157 Å². The van der Waals surface area contributed by atoms with Gasteiger partial charge < -0.3 is 4.74 Å². The molecule has 0 aliphatic heterocycles. The molecule has 27 heavy (non-hydrogen) atoms. The summed E-state index contributed by atoms with van der Waals surface area (Å²) in [6.07, 6.45) is 2.65. The third-order valence-corrected chi connectivity index (χ3v) is 6.15. The maximum atomic E-state index is 13.2. The fourth-order valence-corrected chi connectivity index (χ4v) is 4.87. The summed E-state index contributed by atoms with van der Waals surface area (Å²) in [5, 5.41) is 0.512. The number of aromatic nitrogens is 2. The topological polar surface area (TPSA) is 70.3 Å². The number of thiophene rings is 1. The third-order valence-electron chi connectivity index (χ3n) is 4.84. The molecule has 0 radical (unpaired) electrons. The van der Waals surface area contributed by atoms with Crippen molar-refractivity contribution in [2.24, 2.45) is 0 Å². The molecule has 0 atom stereocenters. The van der Waals surface area contributed by atoms with Crippen LogP contribution in [0.25, 0.3) is 10.2 Å². The van der Waals surface area contributed by atoms with Crippen LogP contribution in [0.15, 0.2) is 33.9 Å². The summed E-state index contributed by atoms with van der Waals surface area (Å²) in [4.78, 5) is 39.4. The van der Waals surface area contributed by atoms with Crippen molar-refractivity contribution in [3.63, 3.8) is 0 Å². The minimum Gasteiger partial charge on any atom is -0.468 e. The molecule has 3 aromatic rings. The largest absolute Gasteiger partial charge is 0.468 e. The van der Waals surface area contributed by atoms with E-state index in [1.807, 2.05) is 0 Å². The van der Waals surface area contributed by atoms with Gasteiger partial charge in [-0.1, -0.05) is 12.1 Å². The van der Waals surface area contributed by atoms with Gasteiger partial charge in [-0.25, -0.2) is 13.8 Å². The first-order chi connectivity index (χ1) is 13.0. The van der Waals surface area contributed by atoms with Crippen LogP contribution in [0.1, 0.15) is 22.4 Å². The number of benzene rings is 1. The summed E-state index contributed by atoms with van der Waals surface area (Å²) >= 11 is 1.46. The number of carbonyl (C=O) groups is 1. The van der Waals surface area contributed by atoms with Gasteiger partial charge in [0, 0.05) is 4.88 Å². The highest BCUT2D eigenvalue weighted by Crippen LogP contribution is 2.35. The Bertz CT molecular complexity index is 1160. The number of hydrogen-bond acceptors (Lipinski definition) is 5. The molecule has 0 saturated carbocycles. The highest BCUT2D eigenvalue weighted by Gasteiger charge is 2.25. The lowest BCUT2D eigenvalue weighted by Gasteiger charge is -2.12. The molecule has 0 N–H and O–H groups in total. The maximum absolute atomic E-state index is 13.2. The Kier molecular flexibility index (Phi) is 4.43. The van der Waals surface area contributed by atoms with Gasteiger partial charge in [0.2, 0.25) is 0 Å². The van der Waals surface area contributed by atoms with Crippen LogP contribution in [-0.4, -0.2) is 22.2 Å². The van der Waals surface area contributed by atoms with Crippen LogP contribution in [0, 0.1) is 5.82 Å². The Morgan fingerprint density at radius 3 is 2.63 bits per heavy atom. The van der Waals surface area contributed by atoms with E-state index in [0.29, 0.717) is 10.2 Å². The van der Waals surface area contributed by atoms with Crippen molar-refractivity contribution in [2.75, 3.05) is 7.11 Å². The summed E-state index contributed by atoms with van der Waals surface area (Å²) in [5.41, 5.74) is 0.695. The first kappa shape index (κ1) is 17.7. The fraction of sp³-hybridized carbons (Fsp3) is 0.316. The minimum absolute atomic E-state index is 0.191. The zero-order valence-corrected chi connectivity index (χ0v) is 15.5. The first-order valence-corrected chi connectivity index (χ1v) is 9.40. The van der Waals surface area contributed by atoms with E-state index in [0.717, 1.165) is 39.8 Å². The number of rotatable bonds is 4. The second-order valence-corrected chi connectivity index (χ2v) is 7.58. The Morgan fingerprint density at radius 2 is 1.93 bits per heavy atom. The predicted molar refractivity (Wildman–Crippen MR) is 99.9 cm³/mol. The molecule has 2 aromatic heterocycles. The molecule has 2 heterocycles. The van der Waals surface area contributed by atoms with E-state index in [9.17, 15) is 18.8 Å². The molecule has 8 heteroatoms. The first-order valence-electron chi connectivity index (χ1n) is 8.58. The van der Waals surface area contributed by atoms with Crippen LogP contribution in [0.2, 0.25) is 0 Å². The lowest BCUT2D eigenvalue weighted by atomic mass is 10.2. The van der Waals surface area contributed by atoms with Gasteiger partial charge in [0.25, 0.3) is 5.56 Å². The molecule has 0 amide bonds. The molecule has 0 bridgehead atoms. The van der Waals surface area contributed by atoms with E-state index in [-0.39, 0.29) is 12.4 Å². The van der Waals surface area contributed by atoms with Gasteiger partial charge in [-0.3, -0.25) is 14.2 Å². The van der Waals surface area contributed by atoms with Crippen LogP contribution < -0.4 is 11.2 Å². The molecular formula is C19H17FN2O4S. The van der Waals surface area contributed by atoms with Crippen LogP contribution in [0.3, 0.4) is 0 Å². The summed E-state index contributed by atoms with van der Waals surface area (Å²) < 4.78 is 20.3. The Morgan fingerprint density at radius 1 is 1.19 bits per heavy atom. The Hall–Kier alpha value is -2.74. The van der Waals surface area contributed by atoms with Crippen molar-refractivity contribution in [2.45, 2.75) is 32.4 Å². The van der Waals surface area contributed by atoms with Crippen LogP contribution in [0.5, 0.6) is 0 Å². The van der Waals surface area contributed by atoms with Gasteiger partial charge in [0.15, 0.2) is 0 Å². The van der Waals surface area contributed by atoms with Gasteiger partial charge in [-0.15, -0.1) is 11.3 Å². The molecule has 1 aliphatic rings. The molecule has 1 aliphatic carbocycles. The van der Waals surface area contributed by atoms with Gasteiger partial charge >= 0.3 is 11.7 Å². The van der Waals surface area contributed by atoms with Crippen molar-refractivity contribution in [3.05, 3.63) is 66.9 Å².